The van der Waals surface area contributed by atoms with Crippen molar-refractivity contribution < 1.29 is 40.2 Å². The van der Waals surface area contributed by atoms with Crippen LogP contribution in [0.1, 0.15) is 189 Å². The highest BCUT2D eigenvalue weighted by molar-refractivity contribution is 5.70. The number of esters is 2. The molecule has 8 nitrogen and oxygen atoms in total. The summed E-state index contributed by atoms with van der Waals surface area (Å²) in [7, 11) is 0. The van der Waals surface area contributed by atoms with Gasteiger partial charge in [-0.3, -0.25) is 14.4 Å². The largest absolute Gasteiger partial charge is 0.462 e. The zero-order valence-corrected chi connectivity index (χ0v) is 34.0. The second-order valence-corrected chi connectivity index (χ2v) is 17.1. The molecular weight excluding hydrogens is 652 g/mol. The normalized spacial score (nSPS) is 19.4. The molecule has 0 aliphatic carbocycles. The van der Waals surface area contributed by atoms with Gasteiger partial charge in [0.25, 0.3) is 0 Å². The van der Waals surface area contributed by atoms with Gasteiger partial charge in [0.1, 0.15) is 12.2 Å². The predicted octanol–water partition coefficient (Wildman–Crippen LogP) is 11.0. The van der Waals surface area contributed by atoms with Gasteiger partial charge in [-0.2, -0.15) is 5.06 Å². The van der Waals surface area contributed by atoms with Crippen LogP contribution in [0.3, 0.4) is 0 Å². The highest BCUT2D eigenvalue weighted by Gasteiger charge is 2.49. The maximum absolute atomic E-state index is 12.8. The minimum atomic E-state index is -0.406. The molecule has 0 spiro atoms. The average Bonchev–Trinajstić information content (AvgIpc) is 3.02. The molecule has 306 valence electrons. The van der Waals surface area contributed by atoms with E-state index in [0.717, 1.165) is 64.4 Å². The Hall–Kier alpha value is -3.14. The van der Waals surface area contributed by atoms with E-state index in [4.69, 9.17) is 25.6 Å². The van der Waals surface area contributed by atoms with Crippen LogP contribution in [0.25, 0.3) is 0 Å². The summed E-state index contributed by atoms with van der Waals surface area (Å²) in [5.74, 6) is 14.6. The SMILES string of the molecule is C#CC#CC#CC#CON1C(C)(C)CC(OC(=O)CCCCCCCCC(=O)OC2CC(C)(C)N(OCCCCCCCC)C(C)(C)C2)CC1(C)C.[HH].[HH].[HH].[HH].[HH].[HH].[HH].[HH]. The number of terminal acetylenes is 1. The molecule has 0 bridgehead atoms. The summed E-state index contributed by atoms with van der Waals surface area (Å²) in [5.41, 5.74) is -1.24. The molecule has 0 aromatic rings. The zero-order chi connectivity index (χ0) is 38.7. The summed E-state index contributed by atoms with van der Waals surface area (Å²) in [6.45, 7) is 20.0. The van der Waals surface area contributed by atoms with Crippen molar-refractivity contribution in [3.05, 3.63) is 0 Å². The molecule has 2 heterocycles. The summed E-state index contributed by atoms with van der Waals surface area (Å²) < 4.78 is 11.9. The van der Waals surface area contributed by atoms with Crippen LogP contribution >= 0.6 is 0 Å². The first-order valence-electron chi connectivity index (χ1n) is 19.8. The number of unbranched alkanes of at least 4 members (excludes halogenated alkanes) is 10. The number of nitrogens with zero attached hydrogens (tertiary/aromatic N) is 2. The predicted molar refractivity (Wildman–Crippen MR) is 225 cm³/mol. The maximum atomic E-state index is 12.8. The molecule has 0 atom stereocenters. The van der Waals surface area contributed by atoms with Crippen LogP contribution in [0, 0.1) is 48.1 Å². The number of hydrogen-bond donors (Lipinski definition) is 0. The highest BCUT2D eigenvalue weighted by atomic mass is 16.7. The Bertz CT molecular complexity index is 1350. The summed E-state index contributed by atoms with van der Waals surface area (Å²) in [5, 5.41) is 4.03. The van der Waals surface area contributed by atoms with Crippen LogP contribution in [-0.4, -0.2) is 63.0 Å². The summed E-state index contributed by atoms with van der Waals surface area (Å²) in [6.07, 6.45) is 24.1. The molecule has 2 aliphatic heterocycles. The van der Waals surface area contributed by atoms with E-state index in [2.05, 4.69) is 109 Å². The monoisotopic (exact) mass is 737 g/mol. The summed E-state index contributed by atoms with van der Waals surface area (Å²) in [4.78, 5) is 37.6. The third-order valence-electron chi connectivity index (χ3n) is 9.94. The fourth-order valence-electron chi connectivity index (χ4n) is 8.10. The van der Waals surface area contributed by atoms with Crippen LogP contribution in [0.4, 0.5) is 0 Å². The van der Waals surface area contributed by atoms with E-state index >= 15 is 0 Å². The van der Waals surface area contributed by atoms with Crippen molar-refractivity contribution in [3.63, 3.8) is 0 Å². The van der Waals surface area contributed by atoms with Gasteiger partial charge in [-0.15, -0.1) is 11.5 Å². The molecular formula is C44H84N2O6. The smallest absolute Gasteiger partial charge is 0.306 e. The number of carbonyl (C=O) groups is 2. The van der Waals surface area contributed by atoms with Gasteiger partial charge in [-0.05, 0) is 92.4 Å². The van der Waals surface area contributed by atoms with E-state index in [1.807, 2.05) is 5.06 Å². The van der Waals surface area contributed by atoms with Crippen molar-refractivity contribution in [2.45, 2.75) is 212 Å². The lowest BCUT2D eigenvalue weighted by Crippen LogP contribution is -2.62. The van der Waals surface area contributed by atoms with Gasteiger partial charge in [-0.1, -0.05) is 64.7 Å². The van der Waals surface area contributed by atoms with Gasteiger partial charge in [0.05, 0.1) is 17.7 Å². The van der Waals surface area contributed by atoms with Crippen LogP contribution < -0.4 is 0 Å². The van der Waals surface area contributed by atoms with E-state index in [0.29, 0.717) is 25.7 Å². The van der Waals surface area contributed by atoms with E-state index in [-0.39, 0.29) is 46.6 Å². The Morgan fingerprint density at radius 1 is 0.596 bits per heavy atom. The molecule has 0 saturated carbocycles. The van der Waals surface area contributed by atoms with Crippen LogP contribution in [0.2, 0.25) is 0 Å². The Morgan fingerprint density at radius 2 is 1.00 bits per heavy atom. The number of hydroxylamine groups is 4. The van der Waals surface area contributed by atoms with Gasteiger partial charge < -0.3 is 14.3 Å². The maximum Gasteiger partial charge on any atom is 0.306 e. The Morgan fingerprint density at radius 3 is 1.48 bits per heavy atom. The van der Waals surface area contributed by atoms with Gasteiger partial charge in [0.15, 0.2) is 6.11 Å². The van der Waals surface area contributed by atoms with Crippen molar-refractivity contribution in [2.75, 3.05) is 6.61 Å². The molecule has 2 rings (SSSR count). The molecule has 0 aromatic heterocycles. The molecule has 2 fully saturated rings. The number of ether oxygens (including phenoxy) is 2. The number of rotatable bonds is 20. The molecule has 2 aliphatic rings. The van der Waals surface area contributed by atoms with E-state index in [1.165, 1.54) is 32.1 Å². The van der Waals surface area contributed by atoms with Gasteiger partial charge in [0, 0.05) is 78.8 Å². The summed E-state index contributed by atoms with van der Waals surface area (Å²) in [6, 6.07) is 0. The molecule has 2 saturated heterocycles. The molecule has 0 N–H and O–H groups in total. The molecule has 0 amide bonds. The van der Waals surface area contributed by atoms with Crippen molar-refractivity contribution in [1.82, 2.24) is 10.1 Å². The van der Waals surface area contributed by atoms with E-state index in [9.17, 15) is 9.59 Å². The fraction of sp³-hybridized carbons (Fsp3) is 0.773. The second kappa shape index (κ2) is 22.2. The number of piperidine rings is 2. The third kappa shape index (κ3) is 16.3. The van der Waals surface area contributed by atoms with Gasteiger partial charge in [0.2, 0.25) is 0 Å². The van der Waals surface area contributed by atoms with Crippen molar-refractivity contribution in [1.29, 1.82) is 0 Å². The fourth-order valence-corrected chi connectivity index (χ4v) is 8.10. The van der Waals surface area contributed by atoms with Gasteiger partial charge in [-0.25, -0.2) is 0 Å². The number of hydrogen-bond acceptors (Lipinski definition) is 8. The lowest BCUT2D eigenvalue weighted by atomic mass is 9.80. The van der Waals surface area contributed by atoms with Crippen molar-refractivity contribution in [2.24, 2.45) is 0 Å². The topological polar surface area (TPSA) is 77.5 Å². The Labute approximate surface area is 329 Å². The average molecular weight is 737 g/mol. The standard InChI is InChI=1S/C44H68N2O6.8H2/c1-11-13-15-17-23-27-31-49-45-41(3,4)33-37(34-42(45,5)6)51-39(47)29-25-21-19-20-22-26-30-40(48)52-38-35-43(7,8)46(44(9,10)36-38)50-32-28-24-18-16-14-12-2;;;;;;;;/h1,37-38H,12,14,16,18-22,24-26,28-30,32-36H2,2-10H3;8*1H. The molecule has 8 heteroatoms. The quantitative estimate of drug-likeness (QED) is 0.0694. The summed E-state index contributed by atoms with van der Waals surface area (Å²) >= 11 is 0. The minimum absolute atomic E-state index is 0. The third-order valence-corrected chi connectivity index (χ3v) is 9.94. The first kappa shape index (κ1) is 45.0. The van der Waals surface area contributed by atoms with Gasteiger partial charge >= 0.3 is 11.9 Å². The zero-order valence-electron chi connectivity index (χ0n) is 34.0. The first-order valence-corrected chi connectivity index (χ1v) is 19.8. The van der Waals surface area contributed by atoms with Crippen LogP contribution in [-0.2, 0) is 28.7 Å². The molecule has 52 heavy (non-hydrogen) atoms. The molecule has 0 unspecified atom stereocenters. The number of carbonyl (C=O) groups excluding carboxylic acids is 2. The Kier molecular flexibility index (Phi) is 19.2. The van der Waals surface area contributed by atoms with E-state index < -0.39 is 11.1 Å². The highest BCUT2D eigenvalue weighted by Crippen LogP contribution is 2.41. The van der Waals surface area contributed by atoms with Crippen molar-refractivity contribution >= 4 is 11.9 Å². The lowest BCUT2D eigenvalue weighted by molar-refractivity contribution is -0.293. The Balaban J connectivity index is -0.000000702. The minimum Gasteiger partial charge on any atom is -0.462 e. The lowest BCUT2D eigenvalue weighted by Gasteiger charge is -2.53. The molecule has 0 aromatic carbocycles. The van der Waals surface area contributed by atoms with Crippen LogP contribution in [0.5, 0.6) is 0 Å². The van der Waals surface area contributed by atoms with Crippen molar-refractivity contribution in [3.8, 4) is 48.1 Å². The second-order valence-electron chi connectivity index (χ2n) is 17.1. The van der Waals surface area contributed by atoms with Crippen LogP contribution in [0.15, 0.2) is 0 Å². The van der Waals surface area contributed by atoms with E-state index in [1.54, 1.807) is 0 Å². The first-order chi connectivity index (χ1) is 24.5. The molecule has 0 radical (unpaired) electrons.